The minimum Gasteiger partial charge on any atom is -0.320 e. The SMILES string of the molecule is CCn1cc(C(N)c2ccncc2)cn1. The quantitative estimate of drug-likeness (QED) is 0.817. The second-order valence-corrected chi connectivity index (χ2v) is 3.39. The molecule has 1 unspecified atom stereocenters. The van der Waals surface area contributed by atoms with E-state index in [1.807, 2.05) is 29.2 Å². The first-order chi connectivity index (χ1) is 7.31. The molecule has 0 aliphatic carbocycles. The van der Waals surface area contributed by atoms with Crippen molar-refractivity contribution in [3.05, 3.63) is 48.0 Å². The Bertz CT molecular complexity index is 421. The van der Waals surface area contributed by atoms with Crippen LogP contribution in [0.2, 0.25) is 0 Å². The topological polar surface area (TPSA) is 56.7 Å². The van der Waals surface area contributed by atoms with Gasteiger partial charge in [0.1, 0.15) is 0 Å². The van der Waals surface area contributed by atoms with Gasteiger partial charge >= 0.3 is 0 Å². The van der Waals surface area contributed by atoms with Gasteiger partial charge in [0.25, 0.3) is 0 Å². The van der Waals surface area contributed by atoms with Gasteiger partial charge < -0.3 is 5.73 Å². The zero-order valence-corrected chi connectivity index (χ0v) is 8.67. The van der Waals surface area contributed by atoms with E-state index in [0.29, 0.717) is 0 Å². The Morgan fingerprint density at radius 1 is 1.33 bits per heavy atom. The molecule has 1 atom stereocenters. The monoisotopic (exact) mass is 202 g/mol. The number of nitrogens with two attached hydrogens (primary N) is 1. The van der Waals surface area contributed by atoms with Crippen LogP contribution in [0.15, 0.2) is 36.9 Å². The molecule has 2 heterocycles. The first kappa shape index (κ1) is 9.86. The van der Waals surface area contributed by atoms with Crippen LogP contribution in [-0.4, -0.2) is 14.8 Å². The van der Waals surface area contributed by atoms with E-state index < -0.39 is 0 Å². The van der Waals surface area contributed by atoms with Crippen molar-refractivity contribution in [1.82, 2.24) is 14.8 Å². The zero-order valence-electron chi connectivity index (χ0n) is 8.67. The van der Waals surface area contributed by atoms with E-state index in [1.165, 1.54) is 0 Å². The maximum atomic E-state index is 6.10. The Balaban J connectivity index is 2.24. The smallest absolute Gasteiger partial charge is 0.0583 e. The minimum absolute atomic E-state index is 0.117. The lowest BCUT2D eigenvalue weighted by atomic mass is 10.0. The standard InChI is InChI=1S/C11H14N4/c1-2-15-8-10(7-14-15)11(12)9-3-5-13-6-4-9/h3-8,11H,2,12H2,1H3. The summed E-state index contributed by atoms with van der Waals surface area (Å²) in [7, 11) is 0. The van der Waals surface area contributed by atoms with Gasteiger partial charge in [-0.1, -0.05) is 0 Å². The molecule has 0 aromatic carbocycles. The van der Waals surface area contributed by atoms with Crippen LogP contribution in [0.4, 0.5) is 0 Å². The Labute approximate surface area is 88.8 Å². The molecule has 15 heavy (non-hydrogen) atoms. The second-order valence-electron chi connectivity index (χ2n) is 3.39. The predicted molar refractivity (Wildman–Crippen MR) is 58.2 cm³/mol. The molecule has 4 nitrogen and oxygen atoms in total. The van der Waals surface area contributed by atoms with Gasteiger partial charge in [0, 0.05) is 30.7 Å². The fraction of sp³-hybridized carbons (Fsp3) is 0.273. The molecule has 2 rings (SSSR count). The van der Waals surface area contributed by atoms with E-state index in [4.69, 9.17) is 5.73 Å². The van der Waals surface area contributed by atoms with Gasteiger partial charge in [0.2, 0.25) is 0 Å². The van der Waals surface area contributed by atoms with Gasteiger partial charge in [-0.2, -0.15) is 5.10 Å². The van der Waals surface area contributed by atoms with Crippen LogP contribution in [0.1, 0.15) is 24.1 Å². The number of pyridine rings is 1. The average molecular weight is 202 g/mol. The number of hydrogen-bond donors (Lipinski definition) is 1. The van der Waals surface area contributed by atoms with Crippen molar-refractivity contribution >= 4 is 0 Å². The summed E-state index contributed by atoms with van der Waals surface area (Å²) in [6.45, 7) is 2.91. The summed E-state index contributed by atoms with van der Waals surface area (Å²) < 4.78 is 1.87. The molecule has 2 N–H and O–H groups in total. The number of aromatic nitrogens is 3. The Kier molecular flexibility index (Phi) is 2.78. The van der Waals surface area contributed by atoms with Crippen molar-refractivity contribution in [2.45, 2.75) is 19.5 Å². The first-order valence-corrected chi connectivity index (χ1v) is 4.99. The molecule has 2 aromatic heterocycles. The minimum atomic E-state index is -0.117. The van der Waals surface area contributed by atoms with Crippen LogP contribution >= 0.6 is 0 Å². The molecule has 0 saturated carbocycles. The fourth-order valence-corrected chi connectivity index (χ4v) is 1.48. The van der Waals surface area contributed by atoms with E-state index in [9.17, 15) is 0 Å². The van der Waals surface area contributed by atoms with Gasteiger partial charge in [-0.15, -0.1) is 0 Å². The molecular formula is C11H14N4. The van der Waals surface area contributed by atoms with Crippen LogP contribution in [0.25, 0.3) is 0 Å². The summed E-state index contributed by atoms with van der Waals surface area (Å²) >= 11 is 0. The molecule has 0 aliphatic rings. The maximum Gasteiger partial charge on any atom is 0.0583 e. The molecular weight excluding hydrogens is 188 g/mol. The molecule has 0 fully saturated rings. The summed E-state index contributed by atoms with van der Waals surface area (Å²) in [5.41, 5.74) is 8.19. The largest absolute Gasteiger partial charge is 0.320 e. The second kappa shape index (κ2) is 4.23. The van der Waals surface area contributed by atoms with Gasteiger partial charge in [0.05, 0.1) is 12.2 Å². The highest BCUT2D eigenvalue weighted by atomic mass is 15.3. The van der Waals surface area contributed by atoms with Crippen molar-refractivity contribution in [3.63, 3.8) is 0 Å². The van der Waals surface area contributed by atoms with Crippen LogP contribution in [-0.2, 0) is 6.54 Å². The lowest BCUT2D eigenvalue weighted by Crippen LogP contribution is -2.11. The summed E-state index contributed by atoms with van der Waals surface area (Å²) in [4.78, 5) is 3.97. The molecule has 0 spiro atoms. The highest BCUT2D eigenvalue weighted by molar-refractivity contribution is 5.26. The Hall–Kier alpha value is -1.68. The van der Waals surface area contributed by atoms with Gasteiger partial charge in [-0.05, 0) is 24.6 Å². The third kappa shape index (κ3) is 2.05. The van der Waals surface area contributed by atoms with Gasteiger partial charge in [-0.3, -0.25) is 9.67 Å². The van der Waals surface area contributed by atoms with E-state index >= 15 is 0 Å². The third-order valence-electron chi connectivity index (χ3n) is 2.40. The Morgan fingerprint density at radius 2 is 2.07 bits per heavy atom. The molecule has 0 radical (unpaired) electrons. The first-order valence-electron chi connectivity index (χ1n) is 4.99. The maximum absolute atomic E-state index is 6.10. The highest BCUT2D eigenvalue weighted by Crippen LogP contribution is 2.17. The fourth-order valence-electron chi connectivity index (χ4n) is 1.48. The number of rotatable bonds is 3. The molecule has 0 saturated heterocycles. The van der Waals surface area contributed by atoms with Gasteiger partial charge in [0.15, 0.2) is 0 Å². The van der Waals surface area contributed by atoms with E-state index in [2.05, 4.69) is 17.0 Å². The average Bonchev–Trinajstić information content (AvgIpc) is 2.78. The van der Waals surface area contributed by atoms with E-state index in [-0.39, 0.29) is 6.04 Å². The number of aryl methyl sites for hydroxylation is 1. The van der Waals surface area contributed by atoms with Crippen molar-refractivity contribution in [2.75, 3.05) is 0 Å². The Morgan fingerprint density at radius 3 is 2.67 bits per heavy atom. The van der Waals surface area contributed by atoms with Crippen molar-refractivity contribution in [2.24, 2.45) is 5.73 Å². The molecule has 0 amide bonds. The van der Waals surface area contributed by atoms with Crippen molar-refractivity contribution in [1.29, 1.82) is 0 Å². The van der Waals surface area contributed by atoms with Crippen LogP contribution in [0.3, 0.4) is 0 Å². The predicted octanol–water partition coefficient (Wildman–Crippen LogP) is 1.35. The van der Waals surface area contributed by atoms with Crippen molar-refractivity contribution < 1.29 is 0 Å². The molecule has 0 aliphatic heterocycles. The lowest BCUT2D eigenvalue weighted by Gasteiger charge is -2.08. The molecule has 78 valence electrons. The summed E-state index contributed by atoms with van der Waals surface area (Å²) in [5, 5.41) is 4.20. The lowest BCUT2D eigenvalue weighted by molar-refractivity contribution is 0.658. The zero-order chi connectivity index (χ0) is 10.7. The highest BCUT2D eigenvalue weighted by Gasteiger charge is 2.10. The summed E-state index contributed by atoms with van der Waals surface area (Å²) in [6.07, 6.45) is 7.29. The van der Waals surface area contributed by atoms with E-state index in [1.54, 1.807) is 12.4 Å². The molecule has 0 bridgehead atoms. The summed E-state index contributed by atoms with van der Waals surface area (Å²) in [6, 6.07) is 3.73. The van der Waals surface area contributed by atoms with Crippen LogP contribution < -0.4 is 5.73 Å². The number of nitrogens with zero attached hydrogens (tertiary/aromatic N) is 3. The molecule has 4 heteroatoms. The normalized spacial score (nSPS) is 12.7. The van der Waals surface area contributed by atoms with E-state index in [0.717, 1.165) is 17.7 Å². The van der Waals surface area contributed by atoms with Crippen molar-refractivity contribution in [3.8, 4) is 0 Å². The van der Waals surface area contributed by atoms with Crippen LogP contribution in [0.5, 0.6) is 0 Å². The third-order valence-corrected chi connectivity index (χ3v) is 2.40. The van der Waals surface area contributed by atoms with Gasteiger partial charge in [-0.25, -0.2) is 0 Å². The molecule has 2 aromatic rings. The van der Waals surface area contributed by atoms with Crippen LogP contribution in [0, 0.1) is 0 Å². The summed E-state index contributed by atoms with van der Waals surface area (Å²) in [5.74, 6) is 0. The number of hydrogen-bond acceptors (Lipinski definition) is 3.